The number of benzene rings is 1. The Labute approximate surface area is 106 Å². The van der Waals surface area contributed by atoms with Crippen LogP contribution in [0.3, 0.4) is 0 Å². The van der Waals surface area contributed by atoms with E-state index in [1.165, 1.54) is 5.56 Å². The van der Waals surface area contributed by atoms with Crippen LogP contribution in [0.25, 0.3) is 0 Å². The maximum absolute atomic E-state index is 12.0. The van der Waals surface area contributed by atoms with Crippen LogP contribution >= 0.6 is 11.8 Å². The zero-order valence-electron chi connectivity index (χ0n) is 9.94. The number of carbonyl (C=O) groups excluding carboxylic acids is 1. The minimum absolute atomic E-state index is 0.0114. The van der Waals surface area contributed by atoms with Gasteiger partial charge in [-0.1, -0.05) is 18.2 Å². The largest absolute Gasteiger partial charge is 0.381 e. The monoisotopic (exact) mass is 251 g/mol. The molecule has 2 rings (SSSR count). The van der Waals surface area contributed by atoms with Gasteiger partial charge in [-0.2, -0.15) is 11.8 Å². The summed E-state index contributed by atoms with van der Waals surface area (Å²) in [7, 11) is 0. The Hall–Kier alpha value is -1.00. The Bertz CT molecular complexity index is 389. The summed E-state index contributed by atoms with van der Waals surface area (Å²) in [5, 5.41) is 3.00. The number of nitrogens with one attached hydrogen (secondary N) is 1. The van der Waals surface area contributed by atoms with Gasteiger partial charge in [0.1, 0.15) is 0 Å². The van der Waals surface area contributed by atoms with E-state index in [2.05, 4.69) is 17.6 Å². The van der Waals surface area contributed by atoms with Crippen LogP contribution in [-0.2, 0) is 15.3 Å². The zero-order chi connectivity index (χ0) is 12.1. The number of para-hydroxylation sites is 1. The third-order valence-electron chi connectivity index (χ3n) is 2.88. The quantitative estimate of drug-likeness (QED) is 0.893. The first-order chi connectivity index (χ1) is 8.31. The van der Waals surface area contributed by atoms with Gasteiger partial charge in [0, 0.05) is 18.0 Å². The molecule has 1 N–H and O–H groups in total. The molecule has 1 aromatic carbocycles. The highest BCUT2D eigenvalue weighted by molar-refractivity contribution is 7.97. The van der Waals surface area contributed by atoms with Crippen molar-refractivity contribution in [3.8, 4) is 0 Å². The van der Waals surface area contributed by atoms with E-state index < -0.39 is 0 Å². The normalized spacial score (nSPS) is 19.2. The molecule has 0 saturated carbocycles. The van der Waals surface area contributed by atoms with E-state index in [9.17, 15) is 4.79 Å². The lowest BCUT2D eigenvalue weighted by Crippen LogP contribution is -2.23. The van der Waals surface area contributed by atoms with Gasteiger partial charge in [0.15, 0.2) is 0 Å². The van der Waals surface area contributed by atoms with Gasteiger partial charge in [-0.25, -0.2) is 0 Å². The Morgan fingerprint density at radius 1 is 1.53 bits per heavy atom. The summed E-state index contributed by atoms with van der Waals surface area (Å²) in [6.45, 7) is 1.25. The molecule has 1 fully saturated rings. The topological polar surface area (TPSA) is 38.3 Å². The third-order valence-corrected chi connectivity index (χ3v) is 3.48. The fourth-order valence-corrected chi connectivity index (χ4v) is 2.46. The highest BCUT2D eigenvalue weighted by Gasteiger charge is 2.23. The van der Waals surface area contributed by atoms with Crippen LogP contribution in [0.2, 0.25) is 0 Å². The van der Waals surface area contributed by atoms with Gasteiger partial charge < -0.3 is 10.1 Å². The molecule has 0 radical (unpaired) electrons. The minimum atomic E-state index is 0.0114. The van der Waals surface area contributed by atoms with Crippen molar-refractivity contribution in [3.63, 3.8) is 0 Å². The van der Waals surface area contributed by atoms with Crippen molar-refractivity contribution in [3.05, 3.63) is 29.8 Å². The summed E-state index contributed by atoms with van der Waals surface area (Å²) in [5.74, 6) is 1.01. The number of rotatable bonds is 4. The number of hydrogen-bond donors (Lipinski definition) is 1. The highest BCUT2D eigenvalue weighted by Crippen LogP contribution is 2.21. The van der Waals surface area contributed by atoms with Crippen molar-refractivity contribution in [1.29, 1.82) is 0 Å². The number of hydrogen-bond acceptors (Lipinski definition) is 3. The zero-order valence-corrected chi connectivity index (χ0v) is 10.8. The standard InChI is InChI=1S/C13H17NO2S/c1-17-9-11-4-2-3-5-12(11)14-13(15)10-6-7-16-8-10/h2-5,10H,6-9H2,1H3,(H,14,15). The molecule has 0 bridgehead atoms. The predicted octanol–water partition coefficient (Wildman–Crippen LogP) is 2.52. The molecule has 17 heavy (non-hydrogen) atoms. The second kappa shape index (κ2) is 6.07. The van der Waals surface area contributed by atoms with Gasteiger partial charge in [-0.05, 0) is 24.3 Å². The van der Waals surface area contributed by atoms with E-state index in [1.54, 1.807) is 11.8 Å². The summed E-state index contributed by atoms with van der Waals surface area (Å²) in [5.41, 5.74) is 2.10. The first-order valence-corrected chi connectivity index (χ1v) is 7.16. The van der Waals surface area contributed by atoms with Crippen molar-refractivity contribution in [2.45, 2.75) is 12.2 Å². The van der Waals surface area contributed by atoms with Crippen LogP contribution in [0.5, 0.6) is 0 Å². The Balaban J connectivity index is 2.04. The van der Waals surface area contributed by atoms with Crippen LogP contribution in [0.4, 0.5) is 5.69 Å². The van der Waals surface area contributed by atoms with E-state index in [0.29, 0.717) is 13.2 Å². The minimum Gasteiger partial charge on any atom is -0.381 e. The summed E-state index contributed by atoms with van der Waals surface area (Å²) < 4.78 is 5.23. The molecule has 1 aliphatic rings. The van der Waals surface area contributed by atoms with Gasteiger partial charge in [0.2, 0.25) is 5.91 Å². The Kier molecular flexibility index (Phi) is 4.45. The molecule has 3 nitrogen and oxygen atoms in total. The molecule has 1 atom stereocenters. The first kappa shape index (κ1) is 12.5. The number of carbonyl (C=O) groups is 1. The average Bonchev–Trinajstić information content (AvgIpc) is 2.85. The van der Waals surface area contributed by atoms with Gasteiger partial charge in [0.25, 0.3) is 0 Å². The summed E-state index contributed by atoms with van der Waals surface area (Å²) in [4.78, 5) is 12.0. The molecule has 1 heterocycles. The second-order valence-corrected chi connectivity index (χ2v) is 5.01. The molecular weight excluding hydrogens is 234 g/mol. The summed E-state index contributed by atoms with van der Waals surface area (Å²) in [6.07, 6.45) is 2.89. The summed E-state index contributed by atoms with van der Waals surface area (Å²) >= 11 is 1.75. The van der Waals surface area contributed by atoms with Crippen molar-refractivity contribution in [2.75, 3.05) is 24.8 Å². The van der Waals surface area contributed by atoms with Gasteiger partial charge >= 0.3 is 0 Å². The van der Waals surface area contributed by atoms with Crippen LogP contribution in [0, 0.1) is 5.92 Å². The molecule has 0 aliphatic carbocycles. The fourth-order valence-electron chi connectivity index (χ4n) is 1.90. The predicted molar refractivity (Wildman–Crippen MR) is 71.2 cm³/mol. The lowest BCUT2D eigenvalue weighted by atomic mass is 10.1. The van der Waals surface area contributed by atoms with Crippen molar-refractivity contribution in [2.24, 2.45) is 5.92 Å². The number of anilines is 1. The van der Waals surface area contributed by atoms with Gasteiger partial charge in [0.05, 0.1) is 12.5 Å². The van der Waals surface area contributed by atoms with E-state index in [0.717, 1.165) is 17.9 Å². The number of amides is 1. The van der Waals surface area contributed by atoms with Crippen molar-refractivity contribution < 1.29 is 9.53 Å². The summed E-state index contributed by atoms with van der Waals surface area (Å²) in [6, 6.07) is 7.96. The average molecular weight is 251 g/mol. The fraction of sp³-hybridized carbons (Fsp3) is 0.462. The van der Waals surface area contributed by atoms with Crippen LogP contribution in [-0.4, -0.2) is 25.4 Å². The lowest BCUT2D eigenvalue weighted by molar-refractivity contribution is -0.119. The Morgan fingerprint density at radius 2 is 2.35 bits per heavy atom. The van der Waals surface area contributed by atoms with Crippen LogP contribution in [0.15, 0.2) is 24.3 Å². The van der Waals surface area contributed by atoms with Gasteiger partial charge in [-0.3, -0.25) is 4.79 Å². The molecule has 1 saturated heterocycles. The molecule has 0 aromatic heterocycles. The first-order valence-electron chi connectivity index (χ1n) is 5.76. The van der Waals surface area contributed by atoms with Crippen LogP contribution < -0.4 is 5.32 Å². The maximum Gasteiger partial charge on any atom is 0.229 e. The van der Waals surface area contributed by atoms with E-state index in [1.807, 2.05) is 18.2 Å². The molecule has 92 valence electrons. The maximum atomic E-state index is 12.0. The number of ether oxygens (including phenoxy) is 1. The molecule has 1 amide bonds. The van der Waals surface area contributed by atoms with E-state index in [4.69, 9.17) is 4.74 Å². The molecule has 0 spiro atoms. The van der Waals surface area contributed by atoms with E-state index >= 15 is 0 Å². The SMILES string of the molecule is CSCc1ccccc1NC(=O)C1CCOC1. The lowest BCUT2D eigenvalue weighted by Gasteiger charge is -2.12. The molecule has 1 aliphatic heterocycles. The molecule has 1 unspecified atom stereocenters. The van der Waals surface area contributed by atoms with E-state index in [-0.39, 0.29) is 11.8 Å². The molecular formula is C13H17NO2S. The number of thioether (sulfide) groups is 1. The van der Waals surface area contributed by atoms with Crippen molar-refractivity contribution in [1.82, 2.24) is 0 Å². The smallest absolute Gasteiger partial charge is 0.229 e. The highest BCUT2D eigenvalue weighted by atomic mass is 32.2. The molecule has 4 heteroatoms. The van der Waals surface area contributed by atoms with Crippen molar-refractivity contribution >= 4 is 23.4 Å². The van der Waals surface area contributed by atoms with Gasteiger partial charge in [-0.15, -0.1) is 0 Å². The Morgan fingerprint density at radius 3 is 3.06 bits per heavy atom. The second-order valence-electron chi connectivity index (χ2n) is 4.14. The third kappa shape index (κ3) is 3.23. The van der Waals surface area contributed by atoms with Crippen LogP contribution in [0.1, 0.15) is 12.0 Å². The molecule has 1 aromatic rings.